The fourth-order valence-corrected chi connectivity index (χ4v) is 3.11. The molecule has 0 saturated carbocycles. The molecule has 0 aliphatic carbocycles. The summed E-state index contributed by atoms with van der Waals surface area (Å²) in [6, 6.07) is 13.8. The van der Waals surface area contributed by atoms with E-state index >= 15 is 0 Å². The van der Waals surface area contributed by atoms with Gasteiger partial charge in [0.25, 0.3) is 0 Å². The monoisotopic (exact) mass is 310 g/mol. The quantitative estimate of drug-likeness (QED) is 0.921. The van der Waals surface area contributed by atoms with Gasteiger partial charge in [0.2, 0.25) is 5.91 Å². The first-order valence-corrected chi connectivity index (χ1v) is 8.11. The fourth-order valence-electron chi connectivity index (χ4n) is 3.11. The van der Waals surface area contributed by atoms with E-state index in [0.717, 1.165) is 37.2 Å². The number of benzene rings is 1. The number of pyridine rings is 1. The van der Waals surface area contributed by atoms with Gasteiger partial charge in [0.1, 0.15) is 0 Å². The SMILES string of the molecule is O=C(Cc1ccccn1)N1CC[C@@H](Cc2ccc(CO)cc2)C1. The Morgan fingerprint density at radius 2 is 1.96 bits per heavy atom. The van der Waals surface area contributed by atoms with Crippen molar-refractivity contribution in [1.82, 2.24) is 9.88 Å². The number of nitrogens with zero attached hydrogens (tertiary/aromatic N) is 2. The first kappa shape index (κ1) is 15.7. The molecule has 0 bridgehead atoms. The molecule has 3 rings (SSSR count). The van der Waals surface area contributed by atoms with E-state index in [1.807, 2.05) is 35.2 Å². The molecule has 1 N–H and O–H groups in total. The highest BCUT2D eigenvalue weighted by Gasteiger charge is 2.26. The minimum atomic E-state index is 0.0828. The minimum Gasteiger partial charge on any atom is -0.392 e. The number of rotatable bonds is 5. The second-order valence-corrected chi connectivity index (χ2v) is 6.17. The van der Waals surface area contributed by atoms with Crippen molar-refractivity contribution in [3.8, 4) is 0 Å². The summed E-state index contributed by atoms with van der Waals surface area (Å²) in [5, 5.41) is 9.08. The zero-order valence-electron chi connectivity index (χ0n) is 13.2. The number of aliphatic hydroxyl groups excluding tert-OH is 1. The van der Waals surface area contributed by atoms with Crippen LogP contribution in [-0.2, 0) is 24.2 Å². The summed E-state index contributed by atoms with van der Waals surface area (Å²) >= 11 is 0. The summed E-state index contributed by atoms with van der Waals surface area (Å²) in [7, 11) is 0. The van der Waals surface area contributed by atoms with Gasteiger partial charge in [0.15, 0.2) is 0 Å². The predicted octanol–water partition coefficient (Wildman–Crippen LogP) is 2.21. The average Bonchev–Trinajstić information content (AvgIpc) is 3.05. The van der Waals surface area contributed by atoms with Crippen LogP contribution in [0.4, 0.5) is 0 Å². The Hall–Kier alpha value is -2.20. The van der Waals surface area contributed by atoms with Crippen molar-refractivity contribution in [2.75, 3.05) is 13.1 Å². The molecule has 1 aromatic heterocycles. The lowest BCUT2D eigenvalue weighted by Crippen LogP contribution is -2.30. The Bertz CT molecular complexity index is 640. The molecule has 2 aromatic rings. The van der Waals surface area contributed by atoms with E-state index in [0.29, 0.717) is 12.3 Å². The molecule has 23 heavy (non-hydrogen) atoms. The molecular weight excluding hydrogens is 288 g/mol. The third kappa shape index (κ3) is 4.17. The molecular formula is C19H22N2O2. The molecule has 0 radical (unpaired) electrons. The molecule has 120 valence electrons. The number of aliphatic hydroxyl groups is 1. The summed E-state index contributed by atoms with van der Waals surface area (Å²) in [6.45, 7) is 1.75. The van der Waals surface area contributed by atoms with Crippen LogP contribution in [-0.4, -0.2) is 34.0 Å². The van der Waals surface area contributed by atoms with Crippen molar-refractivity contribution >= 4 is 5.91 Å². The van der Waals surface area contributed by atoms with Crippen molar-refractivity contribution in [3.05, 3.63) is 65.5 Å². The molecule has 4 heteroatoms. The molecule has 1 atom stereocenters. The van der Waals surface area contributed by atoms with Crippen molar-refractivity contribution in [2.45, 2.75) is 25.9 Å². The Kier molecular flexibility index (Phi) is 5.03. The van der Waals surface area contributed by atoms with Gasteiger partial charge in [-0.05, 0) is 42.0 Å². The minimum absolute atomic E-state index is 0.0828. The van der Waals surface area contributed by atoms with Gasteiger partial charge in [-0.25, -0.2) is 0 Å². The molecule has 4 nitrogen and oxygen atoms in total. The summed E-state index contributed by atoms with van der Waals surface area (Å²) in [4.78, 5) is 18.5. The summed E-state index contributed by atoms with van der Waals surface area (Å²) in [5.41, 5.74) is 3.04. The van der Waals surface area contributed by atoms with Crippen LogP contribution in [0.5, 0.6) is 0 Å². The molecule has 0 spiro atoms. The summed E-state index contributed by atoms with van der Waals surface area (Å²) < 4.78 is 0. The van der Waals surface area contributed by atoms with E-state index in [2.05, 4.69) is 17.1 Å². The zero-order chi connectivity index (χ0) is 16.1. The normalized spacial score (nSPS) is 17.4. The van der Waals surface area contributed by atoms with E-state index < -0.39 is 0 Å². The lowest BCUT2D eigenvalue weighted by atomic mass is 9.98. The first-order valence-electron chi connectivity index (χ1n) is 8.11. The number of likely N-dealkylation sites (tertiary alicyclic amines) is 1. The van der Waals surface area contributed by atoms with E-state index in [-0.39, 0.29) is 12.5 Å². The number of carbonyl (C=O) groups excluding carboxylic acids is 1. The highest BCUT2D eigenvalue weighted by molar-refractivity contribution is 5.78. The molecule has 1 aromatic carbocycles. The lowest BCUT2D eigenvalue weighted by molar-refractivity contribution is -0.129. The number of hydrogen-bond donors (Lipinski definition) is 1. The summed E-state index contributed by atoms with van der Waals surface area (Å²) in [5.74, 6) is 0.685. The van der Waals surface area contributed by atoms with Crippen LogP contribution in [0.15, 0.2) is 48.7 Å². The molecule has 1 aliphatic rings. The van der Waals surface area contributed by atoms with Crippen molar-refractivity contribution in [2.24, 2.45) is 5.92 Å². The summed E-state index contributed by atoms with van der Waals surface area (Å²) in [6.07, 6.45) is 4.15. The van der Waals surface area contributed by atoms with Crippen LogP contribution in [0, 0.1) is 5.92 Å². The van der Waals surface area contributed by atoms with Crippen LogP contribution >= 0.6 is 0 Å². The van der Waals surface area contributed by atoms with Crippen molar-refractivity contribution in [3.63, 3.8) is 0 Å². The van der Waals surface area contributed by atoms with E-state index in [1.54, 1.807) is 6.20 Å². The maximum Gasteiger partial charge on any atom is 0.228 e. The molecule has 1 amide bonds. The highest BCUT2D eigenvalue weighted by atomic mass is 16.3. The number of aromatic nitrogens is 1. The molecule has 1 aliphatic heterocycles. The van der Waals surface area contributed by atoms with Crippen LogP contribution in [0.1, 0.15) is 23.2 Å². The van der Waals surface area contributed by atoms with E-state index in [4.69, 9.17) is 5.11 Å². The number of carbonyl (C=O) groups is 1. The Morgan fingerprint density at radius 1 is 1.17 bits per heavy atom. The zero-order valence-corrected chi connectivity index (χ0v) is 13.2. The van der Waals surface area contributed by atoms with Gasteiger partial charge in [-0.2, -0.15) is 0 Å². The molecule has 2 heterocycles. The Balaban J connectivity index is 1.52. The third-order valence-electron chi connectivity index (χ3n) is 4.43. The van der Waals surface area contributed by atoms with Crippen molar-refractivity contribution in [1.29, 1.82) is 0 Å². The van der Waals surface area contributed by atoms with Gasteiger partial charge in [-0.3, -0.25) is 9.78 Å². The van der Waals surface area contributed by atoms with Crippen LogP contribution in [0.3, 0.4) is 0 Å². The number of amides is 1. The molecule has 0 unspecified atom stereocenters. The van der Waals surface area contributed by atoms with Gasteiger partial charge >= 0.3 is 0 Å². The largest absolute Gasteiger partial charge is 0.392 e. The first-order chi connectivity index (χ1) is 11.2. The highest BCUT2D eigenvalue weighted by Crippen LogP contribution is 2.21. The Labute approximate surface area is 136 Å². The maximum absolute atomic E-state index is 12.4. The Morgan fingerprint density at radius 3 is 2.65 bits per heavy atom. The van der Waals surface area contributed by atoms with E-state index in [9.17, 15) is 4.79 Å². The topological polar surface area (TPSA) is 53.4 Å². The smallest absolute Gasteiger partial charge is 0.228 e. The third-order valence-corrected chi connectivity index (χ3v) is 4.43. The van der Waals surface area contributed by atoms with Gasteiger partial charge in [0.05, 0.1) is 13.0 Å². The van der Waals surface area contributed by atoms with Gasteiger partial charge in [-0.1, -0.05) is 30.3 Å². The fraction of sp³-hybridized carbons (Fsp3) is 0.368. The standard InChI is InChI=1S/C19H22N2O2/c22-14-16-6-4-15(5-7-16)11-17-8-10-21(13-17)19(23)12-18-3-1-2-9-20-18/h1-7,9,17,22H,8,10-14H2/t17-/m0/s1. The van der Waals surface area contributed by atoms with Crippen LogP contribution in [0.2, 0.25) is 0 Å². The van der Waals surface area contributed by atoms with Gasteiger partial charge in [0, 0.05) is 25.0 Å². The second kappa shape index (κ2) is 7.38. The van der Waals surface area contributed by atoms with Crippen LogP contribution < -0.4 is 0 Å². The molecule has 1 saturated heterocycles. The van der Waals surface area contributed by atoms with Crippen molar-refractivity contribution < 1.29 is 9.90 Å². The van der Waals surface area contributed by atoms with Crippen LogP contribution in [0.25, 0.3) is 0 Å². The predicted molar refractivity (Wildman–Crippen MR) is 88.7 cm³/mol. The lowest BCUT2D eigenvalue weighted by Gasteiger charge is -2.16. The second-order valence-electron chi connectivity index (χ2n) is 6.17. The van der Waals surface area contributed by atoms with E-state index in [1.165, 1.54) is 5.56 Å². The maximum atomic E-state index is 12.4. The van der Waals surface area contributed by atoms with Gasteiger partial charge in [-0.15, -0.1) is 0 Å². The number of hydrogen-bond acceptors (Lipinski definition) is 3. The molecule has 1 fully saturated rings. The van der Waals surface area contributed by atoms with Gasteiger partial charge < -0.3 is 10.0 Å². The average molecular weight is 310 g/mol.